The Morgan fingerprint density at radius 2 is 1.85 bits per heavy atom. The normalized spacial score (nSPS) is 16.4. The van der Waals surface area contributed by atoms with Crippen LogP contribution in [0.5, 0.6) is 0 Å². The molecule has 0 bridgehead atoms. The monoisotopic (exact) mass is 365 g/mol. The molecule has 1 aromatic carbocycles. The number of nitrogens with zero attached hydrogens (tertiary/aromatic N) is 1. The first-order valence-corrected chi connectivity index (χ1v) is 9.11. The highest BCUT2D eigenvalue weighted by molar-refractivity contribution is 5.93. The number of rotatable bonds is 6. The number of carbonyl (C=O) groups excluding carboxylic acids is 2. The van der Waals surface area contributed by atoms with Gasteiger partial charge in [-0.1, -0.05) is 13.8 Å². The van der Waals surface area contributed by atoms with Crippen molar-refractivity contribution < 1.29 is 19.1 Å². The van der Waals surface area contributed by atoms with Crippen molar-refractivity contribution in [1.82, 2.24) is 10.2 Å². The molecule has 144 valence electrons. The minimum absolute atomic E-state index is 0.0932. The third-order valence-electron chi connectivity index (χ3n) is 4.60. The summed E-state index contributed by atoms with van der Waals surface area (Å²) in [7, 11) is 0. The SMILES string of the molecule is CC(C)CC(NC(=O)Nc1ccc(F)cc1)C(=O)N1CCC(CO)CC1. The Morgan fingerprint density at radius 3 is 2.38 bits per heavy atom. The number of aliphatic hydroxyl groups is 1. The van der Waals surface area contributed by atoms with E-state index in [2.05, 4.69) is 10.6 Å². The van der Waals surface area contributed by atoms with Crippen molar-refractivity contribution in [2.75, 3.05) is 25.0 Å². The fourth-order valence-electron chi connectivity index (χ4n) is 3.11. The molecule has 0 spiro atoms. The van der Waals surface area contributed by atoms with Crippen molar-refractivity contribution in [2.24, 2.45) is 11.8 Å². The molecule has 7 heteroatoms. The molecular formula is C19H28FN3O3. The summed E-state index contributed by atoms with van der Waals surface area (Å²) in [6.07, 6.45) is 2.09. The Bertz CT molecular complexity index is 599. The highest BCUT2D eigenvalue weighted by atomic mass is 19.1. The van der Waals surface area contributed by atoms with E-state index in [4.69, 9.17) is 0 Å². The molecule has 3 N–H and O–H groups in total. The molecule has 0 aliphatic carbocycles. The molecule has 1 saturated heterocycles. The number of urea groups is 1. The van der Waals surface area contributed by atoms with Crippen LogP contribution >= 0.6 is 0 Å². The van der Waals surface area contributed by atoms with E-state index in [0.29, 0.717) is 25.2 Å². The zero-order chi connectivity index (χ0) is 19.1. The second kappa shape index (κ2) is 9.52. The molecular weight excluding hydrogens is 337 g/mol. The summed E-state index contributed by atoms with van der Waals surface area (Å²) in [5, 5.41) is 14.6. The van der Waals surface area contributed by atoms with Gasteiger partial charge in [-0.15, -0.1) is 0 Å². The summed E-state index contributed by atoms with van der Waals surface area (Å²) in [6.45, 7) is 5.34. The first-order valence-electron chi connectivity index (χ1n) is 9.11. The maximum Gasteiger partial charge on any atom is 0.319 e. The summed E-state index contributed by atoms with van der Waals surface area (Å²) < 4.78 is 12.9. The van der Waals surface area contributed by atoms with Crippen LogP contribution in [0.25, 0.3) is 0 Å². The van der Waals surface area contributed by atoms with Crippen molar-refractivity contribution in [3.63, 3.8) is 0 Å². The molecule has 1 aromatic rings. The zero-order valence-electron chi connectivity index (χ0n) is 15.4. The minimum atomic E-state index is -0.610. The Morgan fingerprint density at radius 1 is 1.23 bits per heavy atom. The van der Waals surface area contributed by atoms with Gasteiger partial charge in [0.25, 0.3) is 0 Å². The van der Waals surface area contributed by atoms with Gasteiger partial charge in [0, 0.05) is 25.4 Å². The van der Waals surface area contributed by atoms with Gasteiger partial charge in [-0.2, -0.15) is 0 Å². The van der Waals surface area contributed by atoms with Gasteiger partial charge in [-0.05, 0) is 55.4 Å². The molecule has 0 aromatic heterocycles. The lowest BCUT2D eigenvalue weighted by Crippen LogP contribution is -2.52. The third-order valence-corrected chi connectivity index (χ3v) is 4.60. The first kappa shape index (κ1) is 20.2. The van der Waals surface area contributed by atoms with E-state index in [-0.39, 0.29) is 30.2 Å². The van der Waals surface area contributed by atoms with E-state index in [0.717, 1.165) is 12.8 Å². The van der Waals surface area contributed by atoms with Gasteiger partial charge < -0.3 is 20.6 Å². The smallest absolute Gasteiger partial charge is 0.319 e. The molecule has 1 heterocycles. The molecule has 6 nitrogen and oxygen atoms in total. The van der Waals surface area contributed by atoms with Gasteiger partial charge in [0.15, 0.2) is 0 Å². The number of hydrogen-bond acceptors (Lipinski definition) is 3. The molecule has 0 saturated carbocycles. The van der Waals surface area contributed by atoms with E-state index in [1.165, 1.54) is 24.3 Å². The minimum Gasteiger partial charge on any atom is -0.396 e. The van der Waals surface area contributed by atoms with Crippen molar-refractivity contribution in [3.05, 3.63) is 30.1 Å². The van der Waals surface area contributed by atoms with Gasteiger partial charge in [-0.25, -0.2) is 9.18 Å². The summed E-state index contributed by atoms with van der Waals surface area (Å²) in [6, 6.07) is 4.36. The number of anilines is 1. The fourth-order valence-corrected chi connectivity index (χ4v) is 3.11. The predicted octanol–water partition coefficient (Wildman–Crippen LogP) is 2.59. The highest BCUT2D eigenvalue weighted by Crippen LogP contribution is 2.18. The van der Waals surface area contributed by atoms with Crippen LogP contribution in [0.2, 0.25) is 0 Å². The molecule has 0 radical (unpaired) electrons. The van der Waals surface area contributed by atoms with E-state index < -0.39 is 12.1 Å². The number of hydrogen-bond donors (Lipinski definition) is 3. The predicted molar refractivity (Wildman–Crippen MR) is 98.2 cm³/mol. The summed E-state index contributed by atoms with van der Waals surface area (Å²) >= 11 is 0. The third kappa shape index (κ3) is 5.98. The second-order valence-electron chi connectivity index (χ2n) is 7.24. The number of benzene rings is 1. The van der Waals surface area contributed by atoms with Crippen molar-refractivity contribution in [3.8, 4) is 0 Å². The topological polar surface area (TPSA) is 81.7 Å². The lowest BCUT2D eigenvalue weighted by atomic mass is 9.96. The Kier molecular flexibility index (Phi) is 7.38. The Balaban J connectivity index is 1.96. The van der Waals surface area contributed by atoms with E-state index in [9.17, 15) is 19.1 Å². The Hall–Kier alpha value is -2.15. The number of amides is 3. The molecule has 26 heavy (non-hydrogen) atoms. The molecule has 1 atom stereocenters. The average molecular weight is 365 g/mol. The van der Waals surface area contributed by atoms with Gasteiger partial charge in [0.2, 0.25) is 5.91 Å². The summed E-state index contributed by atoms with van der Waals surface area (Å²) in [5.74, 6) is 0.0156. The fraction of sp³-hybridized carbons (Fsp3) is 0.579. The summed E-state index contributed by atoms with van der Waals surface area (Å²) in [5.41, 5.74) is 0.461. The number of halogens is 1. The van der Waals surface area contributed by atoms with E-state index in [1.807, 2.05) is 13.8 Å². The molecule has 1 unspecified atom stereocenters. The van der Waals surface area contributed by atoms with Crippen LogP contribution in [0.1, 0.15) is 33.1 Å². The largest absolute Gasteiger partial charge is 0.396 e. The van der Waals surface area contributed by atoms with Gasteiger partial charge >= 0.3 is 6.03 Å². The van der Waals surface area contributed by atoms with Crippen molar-refractivity contribution >= 4 is 17.6 Å². The van der Waals surface area contributed by atoms with Crippen LogP contribution in [0, 0.1) is 17.7 Å². The van der Waals surface area contributed by atoms with Crippen LogP contribution in [0.3, 0.4) is 0 Å². The zero-order valence-corrected chi connectivity index (χ0v) is 15.4. The summed E-state index contributed by atoms with van der Waals surface area (Å²) in [4.78, 5) is 26.8. The molecule has 1 aliphatic rings. The molecule has 1 fully saturated rings. The van der Waals surface area contributed by atoms with Gasteiger partial charge in [0.1, 0.15) is 11.9 Å². The maximum atomic E-state index is 12.9. The van der Waals surface area contributed by atoms with Crippen LogP contribution in [-0.2, 0) is 4.79 Å². The number of carbonyl (C=O) groups is 2. The van der Waals surface area contributed by atoms with Gasteiger partial charge in [-0.3, -0.25) is 4.79 Å². The average Bonchev–Trinajstić information content (AvgIpc) is 2.62. The van der Waals surface area contributed by atoms with Crippen molar-refractivity contribution in [1.29, 1.82) is 0 Å². The lowest BCUT2D eigenvalue weighted by Gasteiger charge is -2.34. The highest BCUT2D eigenvalue weighted by Gasteiger charge is 2.29. The number of piperidine rings is 1. The number of likely N-dealkylation sites (tertiary alicyclic amines) is 1. The number of aliphatic hydroxyl groups excluding tert-OH is 1. The molecule has 3 amide bonds. The van der Waals surface area contributed by atoms with E-state index in [1.54, 1.807) is 4.90 Å². The van der Waals surface area contributed by atoms with Gasteiger partial charge in [0.05, 0.1) is 0 Å². The van der Waals surface area contributed by atoms with Crippen molar-refractivity contribution in [2.45, 2.75) is 39.2 Å². The number of nitrogens with one attached hydrogen (secondary N) is 2. The maximum absolute atomic E-state index is 12.9. The van der Waals surface area contributed by atoms with Crippen LogP contribution in [-0.4, -0.2) is 47.7 Å². The van der Waals surface area contributed by atoms with Crippen LogP contribution < -0.4 is 10.6 Å². The van der Waals surface area contributed by atoms with E-state index >= 15 is 0 Å². The molecule has 1 aliphatic heterocycles. The lowest BCUT2D eigenvalue weighted by molar-refractivity contribution is -0.135. The molecule has 2 rings (SSSR count). The Labute approximate surface area is 153 Å². The van der Waals surface area contributed by atoms with Crippen LogP contribution in [0.15, 0.2) is 24.3 Å². The standard InChI is InChI=1S/C19H28FN3O3/c1-13(2)11-17(18(25)23-9-7-14(12-24)8-10-23)22-19(26)21-16-5-3-15(20)4-6-16/h3-6,13-14,17,24H,7-12H2,1-2H3,(H2,21,22,26). The first-order chi connectivity index (χ1) is 12.4. The van der Waals surface area contributed by atoms with Crippen LogP contribution in [0.4, 0.5) is 14.9 Å². The quantitative estimate of drug-likeness (QED) is 0.725. The second-order valence-corrected chi connectivity index (χ2v) is 7.24.